The van der Waals surface area contributed by atoms with Crippen LogP contribution in [0.2, 0.25) is 0 Å². The molecule has 0 aliphatic carbocycles. The fourth-order valence-electron chi connectivity index (χ4n) is 3.02. The maximum Gasteiger partial charge on any atom is 0.257 e. The molecule has 8 nitrogen and oxygen atoms in total. The van der Waals surface area contributed by atoms with Gasteiger partial charge >= 0.3 is 0 Å². The number of amides is 1. The fourth-order valence-corrected chi connectivity index (χ4v) is 3.02. The van der Waals surface area contributed by atoms with Gasteiger partial charge in [-0.15, -0.1) is 0 Å². The number of hydrogen-bond acceptors (Lipinski definition) is 7. The quantitative estimate of drug-likeness (QED) is 0.490. The van der Waals surface area contributed by atoms with Crippen LogP contribution in [0, 0.1) is 0 Å². The molecule has 0 aliphatic heterocycles. The third-order valence-corrected chi connectivity index (χ3v) is 4.59. The Bertz CT molecular complexity index is 1290. The molecule has 2 aromatic carbocycles. The van der Waals surface area contributed by atoms with E-state index in [4.69, 9.17) is 18.3 Å². The van der Waals surface area contributed by atoms with Crippen molar-refractivity contribution in [1.29, 1.82) is 0 Å². The Hall–Kier alpha value is -4.20. The van der Waals surface area contributed by atoms with Crippen LogP contribution < -0.4 is 20.3 Å². The number of nitrogens with zero attached hydrogens (tertiary/aromatic N) is 1. The predicted octanol–water partition coefficient (Wildman–Crippen LogP) is 3.91. The van der Waals surface area contributed by atoms with Crippen molar-refractivity contribution < 1.29 is 28.2 Å². The molecule has 4 rings (SSSR count). The van der Waals surface area contributed by atoms with E-state index in [1.807, 2.05) is 0 Å². The Morgan fingerprint density at radius 3 is 2.71 bits per heavy atom. The molecule has 0 radical (unpaired) electrons. The highest BCUT2D eigenvalue weighted by molar-refractivity contribution is 5.96. The molecule has 8 heteroatoms. The first-order valence-electron chi connectivity index (χ1n) is 9.41. The number of furan rings is 1. The van der Waals surface area contributed by atoms with E-state index in [9.17, 15) is 9.90 Å². The normalized spacial score (nSPS) is 11.5. The number of carbonyl (C=O) groups is 1. The topological polar surface area (TPSA) is 106 Å². The van der Waals surface area contributed by atoms with Crippen molar-refractivity contribution in [3.05, 3.63) is 77.7 Å². The molecule has 1 amide bonds. The number of carbonyl (C=O) groups excluding carboxylic acids is 1. The van der Waals surface area contributed by atoms with Crippen LogP contribution in [-0.4, -0.2) is 25.2 Å². The molecule has 31 heavy (non-hydrogen) atoms. The second kappa shape index (κ2) is 8.66. The molecule has 0 unspecified atom stereocenters. The zero-order chi connectivity index (χ0) is 21.8. The van der Waals surface area contributed by atoms with Crippen LogP contribution in [0.3, 0.4) is 0 Å². The lowest BCUT2D eigenvalue weighted by atomic mass is 10.1. The Balaban J connectivity index is 1.82. The predicted molar refractivity (Wildman–Crippen MR) is 113 cm³/mol. The zero-order valence-corrected chi connectivity index (χ0v) is 16.9. The monoisotopic (exact) mass is 420 g/mol. The summed E-state index contributed by atoms with van der Waals surface area (Å²) in [6.45, 7) is 0.213. The first-order chi connectivity index (χ1) is 15.1. The summed E-state index contributed by atoms with van der Waals surface area (Å²) in [6, 6.07) is 14.9. The van der Waals surface area contributed by atoms with Crippen molar-refractivity contribution >= 4 is 22.6 Å². The summed E-state index contributed by atoms with van der Waals surface area (Å²) in [5, 5.41) is 13.2. The largest absolute Gasteiger partial charge is 0.508 e. The van der Waals surface area contributed by atoms with Crippen molar-refractivity contribution in [3.8, 4) is 17.2 Å². The van der Waals surface area contributed by atoms with Crippen molar-refractivity contribution in [2.45, 2.75) is 6.54 Å². The van der Waals surface area contributed by atoms with Crippen LogP contribution >= 0.6 is 0 Å². The molecule has 0 bridgehead atoms. The van der Waals surface area contributed by atoms with E-state index in [1.54, 1.807) is 49.6 Å². The van der Waals surface area contributed by atoms with Gasteiger partial charge in [0, 0.05) is 17.5 Å². The van der Waals surface area contributed by atoms with E-state index in [-0.39, 0.29) is 29.3 Å². The molecule has 0 spiro atoms. The molecule has 0 saturated carbocycles. The summed E-state index contributed by atoms with van der Waals surface area (Å²) < 4.78 is 21.8. The maximum atomic E-state index is 12.9. The van der Waals surface area contributed by atoms with Gasteiger partial charge in [-0.3, -0.25) is 4.79 Å². The van der Waals surface area contributed by atoms with Gasteiger partial charge in [-0.1, -0.05) is 0 Å². The Kier molecular flexibility index (Phi) is 5.61. The average Bonchev–Trinajstić information content (AvgIpc) is 3.31. The first-order valence-corrected chi connectivity index (χ1v) is 9.41. The van der Waals surface area contributed by atoms with E-state index in [0.717, 1.165) is 0 Å². The standard InChI is InChI=1S/C23H20N2O6/c1-28-16-7-8-19(21(12-16)29-2)25-23-18(22(27)24-13-17-4-3-9-30-17)10-14-5-6-15(26)11-20(14)31-23/h3-12,26H,13H2,1-2H3,(H,24,27). The van der Waals surface area contributed by atoms with Crippen molar-refractivity contribution in [3.63, 3.8) is 0 Å². The second-order valence-electron chi connectivity index (χ2n) is 6.60. The second-order valence-corrected chi connectivity index (χ2v) is 6.60. The van der Waals surface area contributed by atoms with Crippen LogP contribution in [0.15, 0.2) is 74.7 Å². The van der Waals surface area contributed by atoms with Crippen molar-refractivity contribution in [1.82, 2.24) is 5.32 Å². The highest BCUT2D eigenvalue weighted by Gasteiger charge is 2.15. The molecule has 0 atom stereocenters. The summed E-state index contributed by atoms with van der Waals surface area (Å²) in [6.07, 6.45) is 1.54. The fraction of sp³-hybridized carbons (Fsp3) is 0.130. The summed E-state index contributed by atoms with van der Waals surface area (Å²) in [5.74, 6) is 1.33. The highest BCUT2D eigenvalue weighted by Crippen LogP contribution is 2.31. The molecular formula is C23H20N2O6. The molecule has 2 aromatic heterocycles. The number of hydrogen-bond donors (Lipinski definition) is 2. The van der Waals surface area contributed by atoms with Crippen LogP contribution in [-0.2, 0) is 6.54 Å². The lowest BCUT2D eigenvalue weighted by molar-refractivity contribution is 0.0944. The summed E-state index contributed by atoms with van der Waals surface area (Å²) in [5.41, 5.74) is 1.13. The Labute approximate surface area is 177 Å². The molecule has 2 heterocycles. The molecule has 158 valence electrons. The Morgan fingerprint density at radius 1 is 1.10 bits per heavy atom. The smallest absolute Gasteiger partial charge is 0.257 e. The van der Waals surface area contributed by atoms with Crippen LogP contribution in [0.1, 0.15) is 16.1 Å². The maximum absolute atomic E-state index is 12.9. The van der Waals surface area contributed by atoms with E-state index >= 15 is 0 Å². The first kappa shape index (κ1) is 20.1. The minimum Gasteiger partial charge on any atom is -0.508 e. The minimum atomic E-state index is -0.388. The van der Waals surface area contributed by atoms with E-state index < -0.39 is 0 Å². The van der Waals surface area contributed by atoms with Gasteiger partial charge in [0.05, 0.1) is 27.0 Å². The number of nitrogens with one attached hydrogen (secondary N) is 1. The van der Waals surface area contributed by atoms with E-state index in [2.05, 4.69) is 10.3 Å². The molecule has 0 saturated heterocycles. The van der Waals surface area contributed by atoms with Crippen LogP contribution in [0.4, 0.5) is 5.69 Å². The van der Waals surface area contributed by atoms with Gasteiger partial charge in [0.25, 0.3) is 5.91 Å². The molecule has 0 aliphatic rings. The zero-order valence-electron chi connectivity index (χ0n) is 16.9. The van der Waals surface area contributed by atoms with E-state index in [0.29, 0.717) is 33.9 Å². The molecule has 4 aromatic rings. The van der Waals surface area contributed by atoms with Gasteiger partial charge in [0.1, 0.15) is 39.8 Å². The number of rotatable bonds is 6. The van der Waals surface area contributed by atoms with Crippen LogP contribution in [0.5, 0.6) is 17.2 Å². The minimum absolute atomic E-state index is 0.0410. The number of benzene rings is 2. The van der Waals surface area contributed by atoms with Gasteiger partial charge in [-0.25, -0.2) is 4.99 Å². The van der Waals surface area contributed by atoms with Gasteiger partial charge in [-0.2, -0.15) is 0 Å². The molecular weight excluding hydrogens is 400 g/mol. The third kappa shape index (κ3) is 4.37. The lowest BCUT2D eigenvalue weighted by Crippen LogP contribution is -2.28. The number of fused-ring (bicyclic) bond motifs is 1. The summed E-state index contributed by atoms with van der Waals surface area (Å²) >= 11 is 0. The lowest BCUT2D eigenvalue weighted by Gasteiger charge is -2.08. The van der Waals surface area contributed by atoms with Crippen molar-refractivity contribution in [2.75, 3.05) is 14.2 Å². The SMILES string of the molecule is COc1ccc(N=c2oc3cc(O)ccc3cc2C(=O)NCc2ccco2)c(OC)c1. The molecule has 2 N–H and O–H groups in total. The van der Waals surface area contributed by atoms with Gasteiger partial charge in [0.2, 0.25) is 5.55 Å². The summed E-state index contributed by atoms with van der Waals surface area (Å²) in [7, 11) is 3.07. The number of phenols is 1. The summed E-state index contributed by atoms with van der Waals surface area (Å²) in [4.78, 5) is 17.5. The number of phenolic OH excluding ortho intramolecular Hbond substituents is 1. The number of methoxy groups -OCH3 is 2. The number of aromatic hydroxyl groups is 1. The van der Waals surface area contributed by atoms with E-state index in [1.165, 1.54) is 25.5 Å². The van der Waals surface area contributed by atoms with Gasteiger partial charge in [0.15, 0.2) is 0 Å². The molecule has 0 fully saturated rings. The third-order valence-electron chi connectivity index (χ3n) is 4.59. The average molecular weight is 420 g/mol. The van der Waals surface area contributed by atoms with Crippen LogP contribution in [0.25, 0.3) is 11.0 Å². The Morgan fingerprint density at radius 2 is 1.97 bits per heavy atom. The van der Waals surface area contributed by atoms with Gasteiger partial charge in [-0.05, 0) is 42.5 Å². The highest BCUT2D eigenvalue weighted by atomic mass is 16.5. The van der Waals surface area contributed by atoms with Gasteiger partial charge < -0.3 is 28.7 Å². The number of ether oxygens (including phenoxy) is 2. The van der Waals surface area contributed by atoms with Crippen molar-refractivity contribution in [2.24, 2.45) is 4.99 Å².